The molecule has 1 aliphatic rings. The van der Waals surface area contributed by atoms with Crippen molar-refractivity contribution < 1.29 is 19.4 Å². The molecule has 1 amide bonds. The summed E-state index contributed by atoms with van der Waals surface area (Å²) in [7, 11) is 0. The maximum absolute atomic E-state index is 13.2. The Morgan fingerprint density at radius 2 is 1.69 bits per heavy atom. The lowest BCUT2D eigenvalue weighted by molar-refractivity contribution is -0.132. The Balaban J connectivity index is 1.92. The van der Waals surface area contributed by atoms with E-state index in [2.05, 4.69) is 0 Å². The lowest BCUT2D eigenvalue weighted by atomic mass is 9.95. The van der Waals surface area contributed by atoms with Crippen molar-refractivity contribution in [2.45, 2.75) is 13.0 Å². The van der Waals surface area contributed by atoms with E-state index in [1.807, 2.05) is 6.92 Å². The van der Waals surface area contributed by atoms with Crippen molar-refractivity contribution in [2.24, 2.45) is 0 Å². The number of benzene rings is 3. The van der Waals surface area contributed by atoms with Crippen LogP contribution >= 0.6 is 23.2 Å². The maximum Gasteiger partial charge on any atom is 0.300 e. The van der Waals surface area contributed by atoms with Gasteiger partial charge in [0.25, 0.3) is 11.7 Å². The summed E-state index contributed by atoms with van der Waals surface area (Å²) in [5.74, 6) is -1.19. The van der Waals surface area contributed by atoms with E-state index in [9.17, 15) is 14.7 Å². The number of anilines is 1. The van der Waals surface area contributed by atoms with Crippen LogP contribution in [0.15, 0.2) is 78.4 Å². The van der Waals surface area contributed by atoms with Crippen molar-refractivity contribution >= 4 is 46.3 Å². The number of nitrogens with zero attached hydrogens (tertiary/aromatic N) is 1. The molecule has 0 spiro atoms. The summed E-state index contributed by atoms with van der Waals surface area (Å²) in [6, 6.07) is 19.3. The molecule has 1 N–H and O–H groups in total. The van der Waals surface area contributed by atoms with Crippen LogP contribution in [0.2, 0.25) is 10.0 Å². The van der Waals surface area contributed by atoms with Gasteiger partial charge in [0.1, 0.15) is 11.5 Å². The van der Waals surface area contributed by atoms with Gasteiger partial charge in [-0.3, -0.25) is 14.5 Å². The third-order valence-electron chi connectivity index (χ3n) is 5.17. The van der Waals surface area contributed by atoms with E-state index in [0.717, 1.165) is 0 Å². The van der Waals surface area contributed by atoms with Crippen LogP contribution < -0.4 is 9.64 Å². The molecule has 4 rings (SSSR count). The molecular weight excluding hydrogens is 449 g/mol. The quantitative estimate of drug-likeness (QED) is 0.283. The van der Waals surface area contributed by atoms with Crippen LogP contribution in [-0.4, -0.2) is 23.4 Å². The number of carbonyl (C=O) groups is 2. The van der Waals surface area contributed by atoms with Crippen LogP contribution in [0, 0.1) is 0 Å². The van der Waals surface area contributed by atoms with Gasteiger partial charge >= 0.3 is 0 Å². The van der Waals surface area contributed by atoms with Gasteiger partial charge in [0, 0.05) is 21.3 Å². The van der Waals surface area contributed by atoms with Crippen molar-refractivity contribution in [3.05, 3.63) is 99.5 Å². The zero-order valence-electron chi connectivity index (χ0n) is 17.1. The predicted octanol–water partition coefficient (Wildman–Crippen LogP) is 6.02. The average molecular weight is 468 g/mol. The van der Waals surface area contributed by atoms with Gasteiger partial charge in [-0.25, -0.2) is 0 Å². The fourth-order valence-electron chi connectivity index (χ4n) is 3.74. The van der Waals surface area contributed by atoms with Crippen molar-refractivity contribution in [2.75, 3.05) is 11.5 Å². The highest BCUT2D eigenvalue weighted by molar-refractivity contribution is 6.52. The fourth-order valence-corrected chi connectivity index (χ4v) is 4.25. The standard InChI is InChI=1S/C25H19Cl2NO4/c1-2-32-18-11-9-17(10-12-18)28-22(19-13-8-16(26)14-20(19)27)21(24(30)25(28)31)23(29)15-6-4-3-5-7-15/h3-14,22,29H,2H2,1H3/t22-/m1/s1. The Labute approximate surface area is 195 Å². The molecule has 0 aliphatic carbocycles. The second-order valence-corrected chi connectivity index (χ2v) is 7.97. The molecule has 5 nitrogen and oxygen atoms in total. The minimum atomic E-state index is -0.932. The minimum Gasteiger partial charge on any atom is -0.507 e. The molecule has 162 valence electrons. The summed E-state index contributed by atoms with van der Waals surface area (Å²) < 4.78 is 5.48. The first kappa shape index (κ1) is 21.9. The van der Waals surface area contributed by atoms with E-state index in [0.29, 0.717) is 34.2 Å². The smallest absolute Gasteiger partial charge is 0.300 e. The number of hydrogen-bond donors (Lipinski definition) is 1. The van der Waals surface area contributed by atoms with E-state index in [-0.39, 0.29) is 16.4 Å². The molecule has 1 aliphatic heterocycles. The first-order chi connectivity index (χ1) is 15.4. The van der Waals surface area contributed by atoms with E-state index in [1.165, 1.54) is 4.90 Å². The molecule has 0 saturated carbocycles. The molecule has 3 aromatic carbocycles. The van der Waals surface area contributed by atoms with Crippen molar-refractivity contribution in [3.8, 4) is 5.75 Å². The number of Topliss-reactive ketones (excluding diaryl/α,β-unsaturated/α-hetero) is 1. The highest BCUT2D eigenvalue weighted by atomic mass is 35.5. The predicted molar refractivity (Wildman–Crippen MR) is 125 cm³/mol. The van der Waals surface area contributed by atoms with Crippen molar-refractivity contribution in [1.29, 1.82) is 0 Å². The minimum absolute atomic E-state index is 0.0423. The highest BCUT2D eigenvalue weighted by Gasteiger charge is 2.47. The molecule has 1 fully saturated rings. The molecule has 3 aromatic rings. The Morgan fingerprint density at radius 1 is 1.00 bits per heavy atom. The lowest BCUT2D eigenvalue weighted by Crippen LogP contribution is -2.29. The number of amides is 1. The van der Waals surface area contributed by atoms with E-state index in [1.54, 1.807) is 72.8 Å². The Morgan fingerprint density at radius 3 is 2.31 bits per heavy atom. The van der Waals surface area contributed by atoms with Crippen LogP contribution in [0.5, 0.6) is 5.75 Å². The van der Waals surface area contributed by atoms with Gasteiger partial charge in [-0.1, -0.05) is 59.6 Å². The number of aliphatic hydroxyl groups is 1. The monoisotopic (exact) mass is 467 g/mol. The topological polar surface area (TPSA) is 66.8 Å². The fraction of sp³-hybridized carbons (Fsp3) is 0.120. The van der Waals surface area contributed by atoms with Crippen LogP contribution in [0.4, 0.5) is 5.69 Å². The van der Waals surface area contributed by atoms with Crippen LogP contribution in [0.25, 0.3) is 5.76 Å². The van der Waals surface area contributed by atoms with Crippen LogP contribution in [0.1, 0.15) is 24.1 Å². The SMILES string of the molecule is CCOc1ccc(N2C(=O)C(=O)C(=C(O)c3ccccc3)[C@H]2c2ccc(Cl)cc2Cl)cc1. The first-order valence-electron chi connectivity index (χ1n) is 9.96. The molecule has 0 bridgehead atoms. The number of ether oxygens (including phenoxy) is 1. The Hall–Kier alpha value is -3.28. The molecule has 0 aromatic heterocycles. The molecule has 1 atom stereocenters. The number of ketones is 1. The maximum atomic E-state index is 13.2. The number of aliphatic hydroxyl groups excluding tert-OH is 1. The average Bonchev–Trinajstić information content (AvgIpc) is 3.05. The van der Waals surface area contributed by atoms with Gasteiger partial charge in [-0.15, -0.1) is 0 Å². The highest BCUT2D eigenvalue weighted by Crippen LogP contribution is 2.44. The number of rotatable bonds is 5. The van der Waals surface area contributed by atoms with E-state index in [4.69, 9.17) is 27.9 Å². The molecule has 1 saturated heterocycles. The van der Waals surface area contributed by atoms with Gasteiger partial charge in [0.2, 0.25) is 0 Å². The summed E-state index contributed by atoms with van der Waals surface area (Å²) in [5, 5.41) is 11.7. The van der Waals surface area contributed by atoms with Gasteiger partial charge in [-0.05, 0) is 48.9 Å². The summed E-state index contributed by atoms with van der Waals surface area (Å²) in [4.78, 5) is 27.6. The molecule has 32 heavy (non-hydrogen) atoms. The second kappa shape index (κ2) is 9.07. The first-order valence-corrected chi connectivity index (χ1v) is 10.7. The van der Waals surface area contributed by atoms with E-state index < -0.39 is 17.7 Å². The second-order valence-electron chi connectivity index (χ2n) is 7.13. The largest absolute Gasteiger partial charge is 0.507 e. The zero-order chi connectivity index (χ0) is 22.8. The Bertz CT molecular complexity index is 1210. The number of hydrogen-bond acceptors (Lipinski definition) is 4. The lowest BCUT2D eigenvalue weighted by Gasteiger charge is -2.26. The molecule has 0 unspecified atom stereocenters. The third-order valence-corrected chi connectivity index (χ3v) is 5.74. The number of carbonyl (C=O) groups excluding carboxylic acids is 2. The van der Waals surface area contributed by atoms with Gasteiger partial charge in [0.05, 0.1) is 18.2 Å². The van der Waals surface area contributed by atoms with Crippen molar-refractivity contribution in [1.82, 2.24) is 0 Å². The summed E-state index contributed by atoms with van der Waals surface area (Å²) in [6.07, 6.45) is 0. The van der Waals surface area contributed by atoms with Gasteiger partial charge in [0.15, 0.2) is 0 Å². The van der Waals surface area contributed by atoms with Gasteiger partial charge < -0.3 is 9.84 Å². The van der Waals surface area contributed by atoms with Crippen molar-refractivity contribution in [3.63, 3.8) is 0 Å². The van der Waals surface area contributed by atoms with E-state index >= 15 is 0 Å². The van der Waals surface area contributed by atoms with Gasteiger partial charge in [-0.2, -0.15) is 0 Å². The normalized spacial score (nSPS) is 17.6. The molecule has 7 heteroatoms. The van der Waals surface area contributed by atoms with Crippen LogP contribution in [-0.2, 0) is 9.59 Å². The molecule has 0 radical (unpaired) electrons. The zero-order valence-corrected chi connectivity index (χ0v) is 18.6. The third kappa shape index (κ3) is 3.97. The number of halogens is 2. The summed E-state index contributed by atoms with van der Waals surface area (Å²) in [5.41, 5.74) is 1.33. The summed E-state index contributed by atoms with van der Waals surface area (Å²) >= 11 is 12.6. The van der Waals surface area contributed by atoms with Crippen LogP contribution in [0.3, 0.4) is 0 Å². The molecule has 1 heterocycles. The summed E-state index contributed by atoms with van der Waals surface area (Å²) in [6.45, 7) is 2.37. The Kier molecular flexibility index (Phi) is 6.21. The molecular formula is C25H19Cl2NO4.